The van der Waals surface area contributed by atoms with Crippen molar-refractivity contribution in [3.05, 3.63) is 70.6 Å². The van der Waals surface area contributed by atoms with Gasteiger partial charge in [0.1, 0.15) is 11.6 Å². The first-order valence-electron chi connectivity index (χ1n) is 9.73. The Kier molecular flexibility index (Phi) is 4.92. The number of hydrogen-bond acceptors (Lipinski definition) is 6. The number of aromatic amines is 1. The number of aromatic nitrogens is 4. The second-order valence-corrected chi connectivity index (χ2v) is 7.83. The van der Waals surface area contributed by atoms with Crippen molar-refractivity contribution < 1.29 is 17.9 Å². The van der Waals surface area contributed by atoms with Crippen LogP contribution >= 0.6 is 0 Å². The molecule has 3 N–H and O–H groups in total. The lowest BCUT2D eigenvalue weighted by Crippen LogP contribution is -2.41. The third kappa shape index (κ3) is 3.09. The molecule has 0 spiro atoms. The first-order chi connectivity index (χ1) is 15.1. The number of H-pyrrole nitrogens is 1. The van der Waals surface area contributed by atoms with Crippen molar-refractivity contribution in [1.82, 2.24) is 20.2 Å². The summed E-state index contributed by atoms with van der Waals surface area (Å²) >= 11 is 0. The molecule has 1 aliphatic heterocycles. The minimum absolute atomic E-state index is 0.0221. The standard InChI is InChI=1S/C22H19F3N6O/c1-11(2)21(16(9-26)19(27)32-20-18(21)12(3)30-31-20)14-6-13(17-10-28-4-5-29-17)7-15(8-14)22(23,24)25/h4-8,10-11H,27H2,1-3H3,(H,30,31). The number of aryl methyl sites for hydroxylation is 1. The molecule has 1 aromatic carbocycles. The third-order valence-electron chi connectivity index (χ3n) is 5.71. The van der Waals surface area contributed by atoms with Crippen molar-refractivity contribution in [2.75, 3.05) is 0 Å². The van der Waals surface area contributed by atoms with Crippen LogP contribution in [0.2, 0.25) is 0 Å². The van der Waals surface area contributed by atoms with Crippen LogP contribution in [0.1, 0.15) is 36.2 Å². The van der Waals surface area contributed by atoms with Gasteiger partial charge in [0.05, 0.1) is 28.4 Å². The van der Waals surface area contributed by atoms with Gasteiger partial charge in [-0.2, -0.15) is 18.4 Å². The first-order valence-corrected chi connectivity index (χ1v) is 9.73. The average molecular weight is 440 g/mol. The van der Waals surface area contributed by atoms with E-state index < -0.39 is 17.2 Å². The van der Waals surface area contributed by atoms with E-state index in [1.165, 1.54) is 18.6 Å². The smallest absolute Gasteiger partial charge is 0.416 e. The molecule has 1 atom stereocenters. The number of benzene rings is 1. The number of rotatable bonds is 3. The van der Waals surface area contributed by atoms with Crippen LogP contribution in [-0.2, 0) is 11.6 Å². The molecule has 0 bridgehead atoms. The van der Waals surface area contributed by atoms with Gasteiger partial charge in [-0.05, 0) is 36.6 Å². The highest BCUT2D eigenvalue weighted by Crippen LogP contribution is 2.53. The Labute approximate surface area is 181 Å². The number of nitrogens with zero attached hydrogens (tertiary/aromatic N) is 4. The number of halogens is 3. The summed E-state index contributed by atoms with van der Waals surface area (Å²) in [4.78, 5) is 8.13. The molecule has 32 heavy (non-hydrogen) atoms. The Hall–Kier alpha value is -3.87. The first kappa shape index (κ1) is 21.4. The highest BCUT2D eigenvalue weighted by atomic mass is 19.4. The van der Waals surface area contributed by atoms with Crippen LogP contribution in [-0.4, -0.2) is 20.2 Å². The summed E-state index contributed by atoms with van der Waals surface area (Å²) in [6.45, 7) is 5.35. The molecule has 1 aliphatic rings. The number of nitriles is 1. The number of nitrogens with one attached hydrogen (secondary N) is 1. The zero-order chi connectivity index (χ0) is 23.3. The van der Waals surface area contributed by atoms with Gasteiger partial charge in [-0.25, -0.2) is 0 Å². The molecule has 10 heteroatoms. The van der Waals surface area contributed by atoms with Crippen LogP contribution in [0.3, 0.4) is 0 Å². The number of ether oxygens (including phenoxy) is 1. The fraction of sp³-hybridized carbons (Fsp3) is 0.273. The number of hydrogen-bond donors (Lipinski definition) is 2. The molecule has 3 heterocycles. The van der Waals surface area contributed by atoms with E-state index in [1.807, 2.05) is 13.8 Å². The van der Waals surface area contributed by atoms with Gasteiger partial charge >= 0.3 is 6.18 Å². The van der Waals surface area contributed by atoms with E-state index in [4.69, 9.17) is 10.5 Å². The van der Waals surface area contributed by atoms with E-state index >= 15 is 0 Å². The summed E-state index contributed by atoms with van der Waals surface area (Å²) in [7, 11) is 0. The van der Waals surface area contributed by atoms with Crippen LogP contribution < -0.4 is 10.5 Å². The molecule has 0 fully saturated rings. The van der Waals surface area contributed by atoms with Gasteiger partial charge in [0.25, 0.3) is 0 Å². The van der Waals surface area contributed by atoms with Crippen LogP contribution in [0.5, 0.6) is 5.88 Å². The summed E-state index contributed by atoms with van der Waals surface area (Å²) < 4.78 is 47.4. The fourth-order valence-corrected chi connectivity index (χ4v) is 4.38. The lowest BCUT2D eigenvalue weighted by molar-refractivity contribution is -0.137. The van der Waals surface area contributed by atoms with E-state index in [0.717, 1.165) is 12.1 Å². The van der Waals surface area contributed by atoms with Crippen molar-refractivity contribution in [2.24, 2.45) is 11.7 Å². The molecule has 0 radical (unpaired) electrons. The van der Waals surface area contributed by atoms with E-state index in [9.17, 15) is 18.4 Å². The molecule has 0 amide bonds. The van der Waals surface area contributed by atoms with Gasteiger partial charge in [0, 0.05) is 23.7 Å². The maximum absolute atomic E-state index is 13.9. The summed E-state index contributed by atoms with van der Waals surface area (Å²) in [5, 5.41) is 17.0. The third-order valence-corrected chi connectivity index (χ3v) is 5.71. The molecule has 3 aromatic rings. The molecule has 0 saturated carbocycles. The van der Waals surface area contributed by atoms with Crippen molar-refractivity contribution in [1.29, 1.82) is 5.26 Å². The molecule has 1 unspecified atom stereocenters. The molecule has 4 rings (SSSR count). The summed E-state index contributed by atoms with van der Waals surface area (Å²) in [6.07, 6.45) is -0.412. The maximum atomic E-state index is 13.9. The summed E-state index contributed by atoms with van der Waals surface area (Å²) in [5.74, 6) is -0.447. The number of nitrogens with two attached hydrogens (primary N) is 1. The second-order valence-electron chi connectivity index (χ2n) is 7.83. The highest BCUT2D eigenvalue weighted by molar-refractivity contribution is 5.67. The SMILES string of the molecule is Cc1[nH]nc2c1C(c1cc(-c3cnccn3)cc(C(F)(F)F)c1)(C(C)C)C(C#N)=C(N)O2. The molecule has 2 aromatic heterocycles. The molecular weight excluding hydrogens is 421 g/mol. The van der Waals surface area contributed by atoms with Crippen LogP contribution in [0.25, 0.3) is 11.3 Å². The van der Waals surface area contributed by atoms with Gasteiger partial charge in [-0.15, -0.1) is 5.10 Å². The minimum Gasteiger partial charge on any atom is -0.420 e. The van der Waals surface area contributed by atoms with Crippen molar-refractivity contribution >= 4 is 0 Å². The summed E-state index contributed by atoms with van der Waals surface area (Å²) in [5.41, 5.74) is 5.64. The van der Waals surface area contributed by atoms with Gasteiger partial charge < -0.3 is 10.5 Å². The van der Waals surface area contributed by atoms with Crippen LogP contribution in [0.15, 0.2) is 48.2 Å². The van der Waals surface area contributed by atoms with Crippen LogP contribution in [0.4, 0.5) is 13.2 Å². The minimum atomic E-state index is -4.63. The Morgan fingerprint density at radius 2 is 1.97 bits per heavy atom. The monoisotopic (exact) mass is 440 g/mol. The Bertz CT molecular complexity index is 1260. The van der Waals surface area contributed by atoms with E-state index in [-0.39, 0.29) is 40.1 Å². The fourth-order valence-electron chi connectivity index (χ4n) is 4.38. The van der Waals surface area contributed by atoms with E-state index in [1.54, 1.807) is 13.0 Å². The highest BCUT2D eigenvalue weighted by Gasteiger charge is 2.51. The zero-order valence-corrected chi connectivity index (χ0v) is 17.4. The van der Waals surface area contributed by atoms with Gasteiger partial charge in [-0.1, -0.05) is 13.8 Å². The summed E-state index contributed by atoms with van der Waals surface area (Å²) in [6, 6.07) is 5.73. The number of alkyl halides is 3. The van der Waals surface area contributed by atoms with Gasteiger partial charge in [-0.3, -0.25) is 15.1 Å². The lowest BCUT2D eigenvalue weighted by Gasteiger charge is -2.41. The number of fused-ring (bicyclic) bond motifs is 1. The molecule has 0 saturated heterocycles. The molecule has 0 aliphatic carbocycles. The predicted molar refractivity (Wildman–Crippen MR) is 109 cm³/mol. The predicted octanol–water partition coefficient (Wildman–Crippen LogP) is 4.22. The van der Waals surface area contributed by atoms with E-state index in [2.05, 4.69) is 26.2 Å². The molecular formula is C22H19F3N6O. The van der Waals surface area contributed by atoms with Gasteiger partial charge in [0.15, 0.2) is 0 Å². The lowest BCUT2D eigenvalue weighted by atomic mass is 9.61. The Morgan fingerprint density at radius 3 is 2.56 bits per heavy atom. The largest absolute Gasteiger partial charge is 0.420 e. The number of allylic oxidation sites excluding steroid dienone is 1. The Balaban J connectivity index is 2.14. The molecule has 164 valence electrons. The quantitative estimate of drug-likeness (QED) is 0.630. The average Bonchev–Trinajstić information content (AvgIpc) is 3.12. The van der Waals surface area contributed by atoms with Crippen molar-refractivity contribution in [3.63, 3.8) is 0 Å². The van der Waals surface area contributed by atoms with Gasteiger partial charge in [0.2, 0.25) is 11.8 Å². The second kappa shape index (κ2) is 7.37. The Morgan fingerprint density at radius 1 is 1.22 bits per heavy atom. The van der Waals surface area contributed by atoms with Crippen molar-refractivity contribution in [3.8, 4) is 23.2 Å². The normalized spacial score (nSPS) is 18.3. The van der Waals surface area contributed by atoms with Crippen molar-refractivity contribution in [2.45, 2.75) is 32.4 Å². The molecule has 7 nitrogen and oxygen atoms in total. The zero-order valence-electron chi connectivity index (χ0n) is 17.4. The topological polar surface area (TPSA) is 114 Å². The van der Waals surface area contributed by atoms with Crippen LogP contribution in [0, 0.1) is 24.2 Å². The maximum Gasteiger partial charge on any atom is 0.416 e. The van der Waals surface area contributed by atoms with E-state index in [0.29, 0.717) is 11.3 Å².